The van der Waals surface area contributed by atoms with Crippen molar-refractivity contribution in [2.75, 3.05) is 12.8 Å². The quantitative estimate of drug-likeness (QED) is 0.411. The Labute approximate surface area is 155 Å². The molecule has 1 aromatic carbocycles. The topological polar surface area (TPSA) is 118 Å². The first-order valence-electron chi connectivity index (χ1n) is 8.48. The number of rotatable bonds is 6. The second kappa shape index (κ2) is 7.94. The minimum Gasteiger partial charge on any atom is -0.469 e. The Bertz CT molecular complexity index is 932. The third kappa shape index (κ3) is 4.28. The van der Waals surface area contributed by atoms with Crippen LogP contribution in [-0.4, -0.2) is 34.0 Å². The Kier molecular flexibility index (Phi) is 5.44. The molecule has 1 heterocycles. The molecule has 2 aromatic rings. The third-order valence-electron chi connectivity index (χ3n) is 4.35. The lowest BCUT2D eigenvalue weighted by atomic mass is 9.89. The first kappa shape index (κ1) is 18.5. The standard InChI is InChI=1S/C19H20FN5O2/c1-27-17(26)9-8-16-23-19(25-24-16)12-4-7-15(21)14(10-12)18(22)11-2-5-13(20)6-3-11/h2,4-7,10-11,22H,3,8-9,21H2,1H3,(H,23,24,25). The lowest BCUT2D eigenvalue weighted by molar-refractivity contribution is -0.140. The van der Waals surface area contributed by atoms with Crippen LogP contribution in [0.25, 0.3) is 11.4 Å². The number of anilines is 1. The number of allylic oxidation sites excluding steroid dienone is 4. The van der Waals surface area contributed by atoms with E-state index >= 15 is 0 Å². The average Bonchev–Trinajstić information content (AvgIpc) is 3.15. The maximum absolute atomic E-state index is 13.2. The number of nitrogens with zero attached hydrogens (tertiary/aromatic N) is 2. The zero-order chi connectivity index (χ0) is 19.4. The molecular formula is C19H20FN5O2. The molecule has 8 heteroatoms. The van der Waals surface area contributed by atoms with Gasteiger partial charge in [0.2, 0.25) is 0 Å². The monoisotopic (exact) mass is 369 g/mol. The van der Waals surface area contributed by atoms with E-state index in [1.54, 1.807) is 24.3 Å². The Morgan fingerprint density at radius 1 is 1.48 bits per heavy atom. The van der Waals surface area contributed by atoms with Crippen LogP contribution in [0.1, 0.15) is 24.2 Å². The van der Waals surface area contributed by atoms with Gasteiger partial charge >= 0.3 is 5.97 Å². The number of ether oxygens (including phenoxy) is 1. The highest BCUT2D eigenvalue weighted by molar-refractivity contribution is 6.06. The van der Waals surface area contributed by atoms with Gasteiger partial charge in [0.05, 0.1) is 13.5 Å². The van der Waals surface area contributed by atoms with E-state index in [-0.39, 0.29) is 24.1 Å². The molecule has 0 spiro atoms. The van der Waals surface area contributed by atoms with Gasteiger partial charge in [-0.25, -0.2) is 9.37 Å². The summed E-state index contributed by atoms with van der Waals surface area (Å²) in [6.45, 7) is 0. The molecule has 1 atom stereocenters. The highest BCUT2D eigenvalue weighted by atomic mass is 19.1. The molecule has 0 amide bonds. The Balaban J connectivity index is 1.79. The lowest BCUT2D eigenvalue weighted by Crippen LogP contribution is -2.15. The van der Waals surface area contributed by atoms with E-state index < -0.39 is 0 Å². The fourth-order valence-corrected chi connectivity index (χ4v) is 2.80. The van der Waals surface area contributed by atoms with Gasteiger partial charge in [-0.2, -0.15) is 5.10 Å². The molecule has 0 saturated heterocycles. The van der Waals surface area contributed by atoms with Crippen molar-refractivity contribution in [1.82, 2.24) is 15.2 Å². The van der Waals surface area contributed by atoms with E-state index in [1.807, 2.05) is 0 Å². The zero-order valence-electron chi connectivity index (χ0n) is 14.8. The van der Waals surface area contributed by atoms with Crippen LogP contribution < -0.4 is 5.73 Å². The van der Waals surface area contributed by atoms with Crippen molar-refractivity contribution in [1.29, 1.82) is 5.41 Å². The van der Waals surface area contributed by atoms with Crippen LogP contribution in [-0.2, 0) is 16.0 Å². The van der Waals surface area contributed by atoms with Gasteiger partial charge in [-0.05, 0) is 36.8 Å². The van der Waals surface area contributed by atoms with Crippen molar-refractivity contribution in [3.63, 3.8) is 0 Å². The summed E-state index contributed by atoms with van der Waals surface area (Å²) >= 11 is 0. The number of nitrogens with one attached hydrogen (secondary N) is 2. The van der Waals surface area contributed by atoms with Crippen LogP contribution in [0.15, 0.2) is 42.3 Å². The normalized spacial score (nSPS) is 16.1. The second-order valence-corrected chi connectivity index (χ2v) is 6.19. The molecule has 27 heavy (non-hydrogen) atoms. The molecular weight excluding hydrogens is 349 g/mol. The number of aromatic nitrogens is 3. The number of H-pyrrole nitrogens is 1. The molecule has 0 saturated carbocycles. The van der Waals surface area contributed by atoms with Crippen LogP contribution in [0, 0.1) is 11.3 Å². The Hall–Kier alpha value is -3.29. The maximum atomic E-state index is 13.2. The zero-order valence-corrected chi connectivity index (χ0v) is 14.8. The first-order chi connectivity index (χ1) is 13.0. The van der Waals surface area contributed by atoms with Crippen LogP contribution in [0.5, 0.6) is 0 Å². The number of aryl methyl sites for hydroxylation is 1. The van der Waals surface area contributed by atoms with Gasteiger partial charge in [0.15, 0.2) is 5.82 Å². The van der Waals surface area contributed by atoms with Crippen LogP contribution in [0.3, 0.4) is 0 Å². The average molecular weight is 369 g/mol. The van der Waals surface area contributed by atoms with Gasteiger partial charge in [-0.15, -0.1) is 0 Å². The number of hydrogen-bond donors (Lipinski definition) is 3. The van der Waals surface area contributed by atoms with Crippen molar-refractivity contribution in [2.24, 2.45) is 5.92 Å². The number of hydrogen-bond acceptors (Lipinski definition) is 6. The number of carbonyl (C=O) groups is 1. The van der Waals surface area contributed by atoms with Crippen molar-refractivity contribution in [3.8, 4) is 11.4 Å². The maximum Gasteiger partial charge on any atom is 0.305 e. The van der Waals surface area contributed by atoms with E-state index in [4.69, 9.17) is 11.1 Å². The molecule has 0 radical (unpaired) electrons. The minimum atomic E-state index is -0.317. The van der Waals surface area contributed by atoms with Gasteiger partial charge in [0, 0.05) is 34.9 Å². The fraction of sp³-hybridized carbons (Fsp3) is 0.263. The van der Waals surface area contributed by atoms with Gasteiger partial charge < -0.3 is 15.9 Å². The lowest BCUT2D eigenvalue weighted by Gasteiger charge is -2.17. The summed E-state index contributed by atoms with van der Waals surface area (Å²) in [5.41, 5.74) is 8.10. The summed E-state index contributed by atoms with van der Waals surface area (Å²) in [5.74, 6) is 0.182. The number of nitrogen functional groups attached to an aromatic ring is 1. The SMILES string of the molecule is COC(=O)CCc1nc(-c2ccc(N)c(C(=N)C3C=CC(F)=CC3)c2)n[nH]1. The molecule has 1 unspecified atom stereocenters. The number of carbonyl (C=O) groups excluding carboxylic acids is 1. The first-order valence-corrected chi connectivity index (χ1v) is 8.48. The van der Waals surface area contributed by atoms with Gasteiger partial charge in [0.1, 0.15) is 11.7 Å². The van der Waals surface area contributed by atoms with E-state index in [0.717, 1.165) is 0 Å². The molecule has 7 nitrogen and oxygen atoms in total. The number of nitrogens with two attached hydrogens (primary N) is 1. The third-order valence-corrected chi connectivity index (χ3v) is 4.35. The number of aromatic amines is 1. The van der Waals surface area contributed by atoms with Crippen molar-refractivity contribution in [2.45, 2.75) is 19.3 Å². The number of halogens is 1. The van der Waals surface area contributed by atoms with Crippen molar-refractivity contribution >= 4 is 17.4 Å². The molecule has 0 aliphatic heterocycles. The predicted octanol–water partition coefficient (Wildman–Crippen LogP) is 2.96. The predicted molar refractivity (Wildman–Crippen MR) is 99.8 cm³/mol. The minimum absolute atomic E-state index is 0.209. The summed E-state index contributed by atoms with van der Waals surface area (Å²) in [4.78, 5) is 15.6. The van der Waals surface area contributed by atoms with Crippen LogP contribution in [0.2, 0.25) is 0 Å². The highest BCUT2D eigenvalue weighted by Gasteiger charge is 2.19. The molecule has 4 N–H and O–H groups in total. The summed E-state index contributed by atoms with van der Waals surface area (Å²) < 4.78 is 17.8. The fourth-order valence-electron chi connectivity index (χ4n) is 2.80. The highest BCUT2D eigenvalue weighted by Crippen LogP contribution is 2.27. The van der Waals surface area contributed by atoms with Crippen LogP contribution >= 0.6 is 0 Å². The summed E-state index contributed by atoms with van der Waals surface area (Å²) in [5, 5.41) is 15.4. The molecule has 1 aliphatic rings. The van der Waals surface area contributed by atoms with Crippen molar-refractivity contribution < 1.29 is 13.9 Å². The van der Waals surface area contributed by atoms with Gasteiger partial charge in [-0.3, -0.25) is 9.89 Å². The molecule has 0 fully saturated rings. The largest absolute Gasteiger partial charge is 0.469 e. The number of esters is 1. The summed E-state index contributed by atoms with van der Waals surface area (Å²) in [6, 6.07) is 5.23. The summed E-state index contributed by atoms with van der Waals surface area (Å²) in [6.07, 6.45) is 5.52. The molecule has 1 aromatic heterocycles. The smallest absolute Gasteiger partial charge is 0.305 e. The Morgan fingerprint density at radius 3 is 3.00 bits per heavy atom. The second-order valence-electron chi connectivity index (χ2n) is 6.19. The van der Waals surface area contributed by atoms with E-state index in [9.17, 15) is 9.18 Å². The number of methoxy groups -OCH3 is 1. The Morgan fingerprint density at radius 2 is 2.30 bits per heavy atom. The van der Waals surface area contributed by atoms with E-state index in [0.29, 0.717) is 47.0 Å². The van der Waals surface area contributed by atoms with Crippen molar-refractivity contribution in [3.05, 3.63) is 53.6 Å². The van der Waals surface area contributed by atoms with Gasteiger partial charge in [-0.1, -0.05) is 6.08 Å². The molecule has 1 aliphatic carbocycles. The van der Waals surface area contributed by atoms with E-state index in [2.05, 4.69) is 19.9 Å². The van der Waals surface area contributed by atoms with Crippen LogP contribution in [0.4, 0.5) is 10.1 Å². The van der Waals surface area contributed by atoms with Gasteiger partial charge in [0.25, 0.3) is 0 Å². The number of benzene rings is 1. The van der Waals surface area contributed by atoms with E-state index in [1.165, 1.54) is 19.3 Å². The molecule has 0 bridgehead atoms. The summed E-state index contributed by atoms with van der Waals surface area (Å²) in [7, 11) is 1.34. The molecule has 140 valence electrons. The molecule has 3 rings (SSSR count).